The molecule has 0 bridgehead atoms. The number of carboxylic acid groups (broad SMARTS) is 1. The second-order valence-corrected chi connectivity index (χ2v) is 8.83. The van der Waals surface area contributed by atoms with Crippen molar-refractivity contribution >= 4 is 56.3 Å². The van der Waals surface area contributed by atoms with Crippen LogP contribution in [0.15, 0.2) is 33.7 Å². The Hall–Kier alpha value is -2.71. The molecule has 1 fully saturated rings. The minimum Gasteiger partial charge on any atom is -0.475 e. The molecule has 3 heterocycles. The van der Waals surface area contributed by atoms with Gasteiger partial charge in [-0.05, 0) is 34.8 Å². The number of alkyl halides is 3. The van der Waals surface area contributed by atoms with E-state index in [1.165, 1.54) is 30.4 Å². The number of nitrogens with zero attached hydrogens (tertiary/aromatic N) is 3. The van der Waals surface area contributed by atoms with Crippen LogP contribution in [0.4, 0.5) is 24.7 Å². The molecule has 178 valence electrons. The van der Waals surface area contributed by atoms with Gasteiger partial charge in [0.15, 0.2) is 5.65 Å². The molecular formula is C19H20BrF3N6O3S. The van der Waals surface area contributed by atoms with Gasteiger partial charge in [-0.15, -0.1) is 11.3 Å². The van der Waals surface area contributed by atoms with Gasteiger partial charge in [0.25, 0.3) is 5.91 Å². The summed E-state index contributed by atoms with van der Waals surface area (Å²) in [5.41, 5.74) is 7.90. The first-order chi connectivity index (χ1) is 15.6. The van der Waals surface area contributed by atoms with Crippen molar-refractivity contribution in [2.45, 2.75) is 43.9 Å². The third-order valence-electron chi connectivity index (χ3n) is 4.87. The van der Waals surface area contributed by atoms with Crippen molar-refractivity contribution < 1.29 is 27.9 Å². The van der Waals surface area contributed by atoms with Crippen LogP contribution in [0.1, 0.15) is 36.0 Å². The van der Waals surface area contributed by atoms with E-state index in [-0.39, 0.29) is 18.0 Å². The highest BCUT2D eigenvalue weighted by molar-refractivity contribution is 9.10. The number of carboxylic acids is 1. The number of halogens is 4. The molecule has 5 N–H and O–H groups in total. The van der Waals surface area contributed by atoms with Gasteiger partial charge in [0.1, 0.15) is 11.4 Å². The number of nitrogens with two attached hydrogens (primary N) is 1. The molecule has 2 atom stereocenters. The summed E-state index contributed by atoms with van der Waals surface area (Å²) in [4.78, 5) is 26.1. The van der Waals surface area contributed by atoms with Crippen LogP contribution in [-0.4, -0.2) is 49.8 Å². The van der Waals surface area contributed by atoms with Crippen molar-refractivity contribution in [2.24, 2.45) is 5.73 Å². The minimum absolute atomic E-state index is 0.130. The average molecular weight is 549 g/mol. The highest BCUT2D eigenvalue weighted by Crippen LogP contribution is 2.27. The van der Waals surface area contributed by atoms with Gasteiger partial charge in [-0.1, -0.05) is 12.8 Å². The van der Waals surface area contributed by atoms with Crippen molar-refractivity contribution in [1.29, 1.82) is 0 Å². The Morgan fingerprint density at radius 1 is 1.27 bits per heavy atom. The molecule has 4 rings (SSSR count). The first kappa shape index (κ1) is 24.9. The first-order valence-corrected chi connectivity index (χ1v) is 11.5. The molecule has 3 aromatic rings. The number of hydrogen-bond acceptors (Lipinski definition) is 7. The van der Waals surface area contributed by atoms with E-state index in [1.54, 1.807) is 10.7 Å². The summed E-state index contributed by atoms with van der Waals surface area (Å²) in [6.45, 7) is 0. The fourth-order valence-corrected chi connectivity index (χ4v) is 4.52. The van der Waals surface area contributed by atoms with Crippen LogP contribution in [0.5, 0.6) is 0 Å². The van der Waals surface area contributed by atoms with Crippen molar-refractivity contribution in [3.05, 3.63) is 39.3 Å². The van der Waals surface area contributed by atoms with E-state index >= 15 is 0 Å². The van der Waals surface area contributed by atoms with Gasteiger partial charge in [-0.2, -0.15) is 18.3 Å². The average Bonchev–Trinajstić information content (AvgIpc) is 3.35. The van der Waals surface area contributed by atoms with Crippen LogP contribution in [-0.2, 0) is 4.79 Å². The largest absolute Gasteiger partial charge is 0.490 e. The molecule has 0 unspecified atom stereocenters. The number of carbonyl (C=O) groups excluding carboxylic acids is 1. The topological polar surface area (TPSA) is 135 Å². The van der Waals surface area contributed by atoms with Gasteiger partial charge < -0.3 is 21.5 Å². The molecule has 0 radical (unpaired) electrons. The minimum atomic E-state index is -5.08. The number of amides is 1. The van der Waals surface area contributed by atoms with Crippen LogP contribution in [0, 0.1) is 0 Å². The predicted molar refractivity (Wildman–Crippen MR) is 121 cm³/mol. The molecule has 0 saturated heterocycles. The molecule has 9 nitrogen and oxygen atoms in total. The second-order valence-electron chi connectivity index (χ2n) is 7.23. The van der Waals surface area contributed by atoms with Crippen molar-refractivity contribution in [1.82, 2.24) is 14.6 Å². The molecule has 33 heavy (non-hydrogen) atoms. The summed E-state index contributed by atoms with van der Waals surface area (Å²) in [7, 11) is 0. The van der Waals surface area contributed by atoms with E-state index in [9.17, 15) is 18.0 Å². The fourth-order valence-electron chi connectivity index (χ4n) is 3.20. The second kappa shape index (κ2) is 10.5. The fraction of sp³-hybridized carbons (Fsp3) is 0.368. The van der Waals surface area contributed by atoms with Gasteiger partial charge in [-0.25, -0.2) is 14.3 Å². The number of carbonyl (C=O) groups is 2. The third-order valence-corrected chi connectivity index (χ3v) is 6.57. The van der Waals surface area contributed by atoms with Crippen LogP contribution < -0.4 is 16.4 Å². The summed E-state index contributed by atoms with van der Waals surface area (Å²) >= 11 is 4.93. The maximum atomic E-state index is 12.6. The van der Waals surface area contributed by atoms with E-state index < -0.39 is 12.1 Å². The molecular weight excluding hydrogens is 529 g/mol. The van der Waals surface area contributed by atoms with Gasteiger partial charge in [0, 0.05) is 29.0 Å². The summed E-state index contributed by atoms with van der Waals surface area (Å²) in [5.74, 6) is -2.28. The molecule has 1 aliphatic carbocycles. The maximum absolute atomic E-state index is 12.6. The van der Waals surface area contributed by atoms with Crippen molar-refractivity contribution in [3.8, 4) is 0 Å². The lowest BCUT2D eigenvalue weighted by atomic mass is 9.91. The van der Waals surface area contributed by atoms with Crippen LogP contribution in [0.2, 0.25) is 0 Å². The van der Waals surface area contributed by atoms with E-state index in [0.29, 0.717) is 17.0 Å². The highest BCUT2D eigenvalue weighted by Gasteiger charge is 2.38. The molecule has 0 aromatic carbocycles. The number of aromatic nitrogens is 3. The Balaban J connectivity index is 0.000000383. The Morgan fingerprint density at radius 3 is 2.58 bits per heavy atom. The Kier molecular flexibility index (Phi) is 7.92. The summed E-state index contributed by atoms with van der Waals surface area (Å²) in [5, 5.41) is 21.4. The number of anilines is 2. The molecule has 0 aliphatic heterocycles. The molecule has 1 aliphatic rings. The molecule has 14 heteroatoms. The van der Waals surface area contributed by atoms with Crippen LogP contribution >= 0.6 is 27.3 Å². The predicted octanol–water partition coefficient (Wildman–Crippen LogP) is 4.12. The van der Waals surface area contributed by atoms with Gasteiger partial charge in [0.05, 0.1) is 16.4 Å². The Labute approximate surface area is 198 Å². The van der Waals surface area contributed by atoms with Gasteiger partial charge in [-0.3, -0.25) is 4.79 Å². The number of fused-ring (bicyclic) bond motifs is 1. The van der Waals surface area contributed by atoms with Crippen LogP contribution in [0.3, 0.4) is 0 Å². The third kappa shape index (κ3) is 6.42. The van der Waals surface area contributed by atoms with E-state index in [4.69, 9.17) is 15.6 Å². The number of thiophene rings is 1. The summed E-state index contributed by atoms with van der Waals surface area (Å²) < 4.78 is 34.2. The first-order valence-electron chi connectivity index (χ1n) is 9.76. The van der Waals surface area contributed by atoms with Gasteiger partial charge >= 0.3 is 12.1 Å². The monoisotopic (exact) mass is 548 g/mol. The lowest BCUT2D eigenvalue weighted by Gasteiger charge is -2.29. The van der Waals surface area contributed by atoms with E-state index in [1.807, 2.05) is 16.8 Å². The lowest BCUT2D eigenvalue weighted by molar-refractivity contribution is -0.192. The maximum Gasteiger partial charge on any atom is 0.490 e. The SMILES string of the molecule is N[C@H]1CCCC[C@H]1Nc1ccn2ncc(C(=O)Nc3cscc3Br)c2n1.O=C(O)C(F)(F)F. The van der Waals surface area contributed by atoms with Crippen LogP contribution in [0.25, 0.3) is 5.65 Å². The molecule has 0 spiro atoms. The summed E-state index contributed by atoms with van der Waals surface area (Å²) in [6, 6.07) is 2.20. The normalized spacial score (nSPS) is 18.3. The summed E-state index contributed by atoms with van der Waals surface area (Å²) in [6.07, 6.45) is 2.66. The highest BCUT2D eigenvalue weighted by atomic mass is 79.9. The lowest BCUT2D eigenvalue weighted by Crippen LogP contribution is -2.42. The number of nitrogens with one attached hydrogen (secondary N) is 2. The Morgan fingerprint density at radius 2 is 1.97 bits per heavy atom. The zero-order valence-corrected chi connectivity index (χ0v) is 19.4. The molecule has 1 amide bonds. The van der Waals surface area contributed by atoms with E-state index in [2.05, 4.69) is 36.6 Å². The van der Waals surface area contributed by atoms with Gasteiger partial charge in [0.2, 0.25) is 0 Å². The number of aliphatic carboxylic acids is 1. The van der Waals surface area contributed by atoms with Crippen molar-refractivity contribution in [3.63, 3.8) is 0 Å². The molecule has 3 aromatic heterocycles. The zero-order valence-electron chi connectivity index (χ0n) is 17.0. The number of hydrogen-bond donors (Lipinski definition) is 4. The standard InChI is InChI=1S/C17H19BrN6OS.C2HF3O2/c18-11-8-26-9-14(11)22-17(25)10-7-20-24-6-5-15(23-16(10)24)21-13-4-2-1-3-12(13)19;3-2(4,5)1(6)7/h5-9,12-13H,1-4,19H2,(H,21,23)(H,22,25);(H,6,7)/t12-,13+;/m0./s1. The Bertz CT molecular complexity index is 1140. The smallest absolute Gasteiger partial charge is 0.475 e. The zero-order chi connectivity index (χ0) is 24.2. The van der Waals surface area contributed by atoms with Crippen molar-refractivity contribution in [2.75, 3.05) is 10.6 Å². The quantitative estimate of drug-likeness (QED) is 0.385. The molecule has 1 saturated carbocycles. The number of rotatable bonds is 4. The van der Waals surface area contributed by atoms with E-state index in [0.717, 1.165) is 23.0 Å².